The molecule has 4 aliphatic carbocycles. The largest absolute Gasteiger partial charge is 0.461 e. The molecule has 0 N–H and O–H groups in total. The maximum atomic E-state index is 12.0. The first-order chi connectivity index (χ1) is 10.1. The van der Waals surface area contributed by atoms with Gasteiger partial charge < -0.3 is 4.74 Å². The van der Waals surface area contributed by atoms with E-state index in [1.165, 1.54) is 38.5 Å². The van der Waals surface area contributed by atoms with E-state index in [1.807, 2.05) is 20.0 Å². The number of carbonyl (C=O) groups excluding carboxylic acids is 1. The standard InChI is InChI=1S/C17H24N2O2/c1-3-21-16(20)14-7-15(18-19(14)2)17-8-11-4-12(9-17)6-13(5-11)10-17/h7,11-13H,3-6,8-10H2,1-2H3. The van der Waals surface area contributed by atoms with Crippen LogP contribution in [-0.4, -0.2) is 22.4 Å². The summed E-state index contributed by atoms with van der Waals surface area (Å²) in [5, 5.41) is 4.72. The number of esters is 1. The molecule has 0 saturated heterocycles. The Labute approximate surface area is 125 Å². The second kappa shape index (κ2) is 4.59. The molecule has 0 radical (unpaired) electrons. The van der Waals surface area contributed by atoms with Crippen LogP contribution in [0.2, 0.25) is 0 Å². The van der Waals surface area contributed by atoms with Crippen LogP contribution in [0.15, 0.2) is 6.07 Å². The lowest BCUT2D eigenvalue weighted by Crippen LogP contribution is -2.48. The highest BCUT2D eigenvalue weighted by Gasteiger charge is 2.52. The smallest absolute Gasteiger partial charge is 0.356 e. The number of rotatable bonds is 3. The molecule has 1 aromatic rings. The molecular weight excluding hydrogens is 264 g/mol. The van der Waals surface area contributed by atoms with Gasteiger partial charge in [0.05, 0.1) is 12.3 Å². The molecule has 0 amide bonds. The van der Waals surface area contributed by atoms with Gasteiger partial charge in [-0.25, -0.2) is 4.79 Å². The predicted octanol–water partition coefficient (Wildman–Crippen LogP) is 3.06. The van der Waals surface area contributed by atoms with Gasteiger partial charge in [-0.3, -0.25) is 4.68 Å². The number of hydrogen-bond donors (Lipinski definition) is 0. The summed E-state index contributed by atoms with van der Waals surface area (Å²) in [5.41, 5.74) is 1.99. The maximum Gasteiger partial charge on any atom is 0.356 e. The molecule has 1 aromatic heterocycles. The SMILES string of the molecule is CCOC(=O)c1cc(C23CC4CC(CC(C4)C2)C3)nn1C. The molecule has 0 atom stereocenters. The van der Waals surface area contributed by atoms with Crippen LogP contribution in [0, 0.1) is 17.8 Å². The molecule has 21 heavy (non-hydrogen) atoms. The van der Waals surface area contributed by atoms with Gasteiger partial charge in [0.1, 0.15) is 5.69 Å². The van der Waals surface area contributed by atoms with Gasteiger partial charge in [-0.05, 0) is 69.3 Å². The second-order valence-corrected chi connectivity index (χ2v) is 7.46. The van der Waals surface area contributed by atoms with Crippen molar-refractivity contribution in [3.05, 3.63) is 17.5 Å². The summed E-state index contributed by atoms with van der Waals surface area (Å²) in [4.78, 5) is 12.0. The Morgan fingerprint density at radius 1 is 1.29 bits per heavy atom. The second-order valence-electron chi connectivity index (χ2n) is 7.46. The van der Waals surface area contributed by atoms with Crippen molar-refractivity contribution in [2.24, 2.45) is 24.8 Å². The first-order valence-electron chi connectivity index (χ1n) is 8.31. The average molecular weight is 288 g/mol. The molecule has 4 bridgehead atoms. The summed E-state index contributed by atoms with van der Waals surface area (Å²) in [5.74, 6) is 2.43. The molecule has 0 aromatic carbocycles. The number of aryl methyl sites for hydroxylation is 1. The molecule has 4 nitrogen and oxygen atoms in total. The van der Waals surface area contributed by atoms with Crippen molar-refractivity contribution in [3.63, 3.8) is 0 Å². The summed E-state index contributed by atoms with van der Waals surface area (Å²) in [6, 6.07) is 2.01. The van der Waals surface area contributed by atoms with E-state index in [-0.39, 0.29) is 11.4 Å². The first kappa shape index (κ1) is 13.4. The van der Waals surface area contributed by atoms with Crippen molar-refractivity contribution in [3.8, 4) is 0 Å². The molecule has 114 valence electrons. The van der Waals surface area contributed by atoms with Crippen LogP contribution < -0.4 is 0 Å². The average Bonchev–Trinajstić information content (AvgIpc) is 2.80. The molecule has 0 unspecified atom stereocenters. The van der Waals surface area contributed by atoms with Crippen molar-refractivity contribution >= 4 is 5.97 Å². The number of hydrogen-bond acceptors (Lipinski definition) is 3. The van der Waals surface area contributed by atoms with Gasteiger partial charge in [-0.15, -0.1) is 0 Å². The Kier molecular flexibility index (Phi) is 2.92. The van der Waals surface area contributed by atoms with Gasteiger partial charge in [-0.2, -0.15) is 5.10 Å². The Morgan fingerprint density at radius 2 is 1.86 bits per heavy atom. The predicted molar refractivity (Wildman–Crippen MR) is 79.0 cm³/mol. The van der Waals surface area contributed by atoms with E-state index in [1.54, 1.807) is 4.68 Å². The summed E-state index contributed by atoms with van der Waals surface area (Å²) in [7, 11) is 1.86. The Bertz CT molecular complexity index is 540. The normalized spacial score (nSPS) is 37.0. The molecule has 5 rings (SSSR count). The summed E-state index contributed by atoms with van der Waals surface area (Å²) < 4.78 is 6.86. The first-order valence-corrected chi connectivity index (χ1v) is 8.31. The molecular formula is C17H24N2O2. The van der Waals surface area contributed by atoms with Crippen LogP contribution in [0.25, 0.3) is 0 Å². The van der Waals surface area contributed by atoms with E-state index in [2.05, 4.69) is 0 Å². The fraction of sp³-hybridized carbons (Fsp3) is 0.765. The minimum Gasteiger partial charge on any atom is -0.461 e. The number of ether oxygens (including phenoxy) is 1. The van der Waals surface area contributed by atoms with Crippen LogP contribution in [0.1, 0.15) is 61.6 Å². The monoisotopic (exact) mass is 288 g/mol. The third-order valence-electron chi connectivity index (χ3n) is 5.95. The van der Waals surface area contributed by atoms with Crippen molar-refractivity contribution in [1.82, 2.24) is 9.78 Å². The van der Waals surface area contributed by atoms with Gasteiger partial charge in [0, 0.05) is 12.5 Å². The van der Waals surface area contributed by atoms with Crippen molar-refractivity contribution in [2.75, 3.05) is 6.61 Å². The third-order valence-corrected chi connectivity index (χ3v) is 5.95. The van der Waals surface area contributed by atoms with Gasteiger partial charge >= 0.3 is 5.97 Å². The van der Waals surface area contributed by atoms with Crippen molar-refractivity contribution < 1.29 is 9.53 Å². The quantitative estimate of drug-likeness (QED) is 0.803. The highest BCUT2D eigenvalue weighted by atomic mass is 16.5. The topological polar surface area (TPSA) is 44.1 Å². The molecule has 0 spiro atoms. The fourth-order valence-corrected chi connectivity index (χ4v) is 5.55. The zero-order valence-electron chi connectivity index (χ0n) is 13.0. The number of aromatic nitrogens is 2. The maximum absolute atomic E-state index is 12.0. The lowest BCUT2D eigenvalue weighted by atomic mass is 9.49. The van der Waals surface area contributed by atoms with E-state index in [0.717, 1.165) is 23.4 Å². The zero-order chi connectivity index (χ0) is 14.6. The summed E-state index contributed by atoms with van der Waals surface area (Å²) in [6.45, 7) is 2.25. The molecule has 4 saturated carbocycles. The van der Waals surface area contributed by atoms with Crippen LogP contribution in [0.4, 0.5) is 0 Å². The fourth-order valence-electron chi connectivity index (χ4n) is 5.55. The van der Waals surface area contributed by atoms with Crippen molar-refractivity contribution in [2.45, 2.75) is 50.9 Å². The van der Waals surface area contributed by atoms with E-state index in [9.17, 15) is 4.79 Å². The highest BCUT2D eigenvalue weighted by Crippen LogP contribution is 2.60. The van der Waals surface area contributed by atoms with Crippen molar-refractivity contribution in [1.29, 1.82) is 0 Å². The highest BCUT2D eigenvalue weighted by molar-refractivity contribution is 5.87. The van der Waals surface area contributed by atoms with Crippen LogP contribution in [0.5, 0.6) is 0 Å². The molecule has 4 heteroatoms. The molecule has 4 fully saturated rings. The Morgan fingerprint density at radius 3 is 2.38 bits per heavy atom. The number of nitrogens with zero attached hydrogens (tertiary/aromatic N) is 2. The summed E-state index contributed by atoms with van der Waals surface area (Å²) >= 11 is 0. The molecule has 4 aliphatic rings. The Hall–Kier alpha value is -1.32. The lowest BCUT2D eigenvalue weighted by molar-refractivity contribution is -0.00742. The van der Waals surface area contributed by atoms with Gasteiger partial charge in [0.15, 0.2) is 0 Å². The van der Waals surface area contributed by atoms with Gasteiger partial charge in [0.2, 0.25) is 0 Å². The minimum atomic E-state index is -0.247. The van der Waals surface area contributed by atoms with E-state index < -0.39 is 0 Å². The van der Waals surface area contributed by atoms with Crippen LogP contribution in [0.3, 0.4) is 0 Å². The molecule has 1 heterocycles. The van der Waals surface area contributed by atoms with Gasteiger partial charge in [-0.1, -0.05) is 0 Å². The van der Waals surface area contributed by atoms with E-state index >= 15 is 0 Å². The van der Waals surface area contributed by atoms with Crippen LogP contribution in [-0.2, 0) is 17.2 Å². The Balaban J connectivity index is 1.67. The van der Waals surface area contributed by atoms with E-state index in [0.29, 0.717) is 12.3 Å². The summed E-state index contributed by atoms with van der Waals surface area (Å²) in [6.07, 6.45) is 8.11. The minimum absolute atomic E-state index is 0.247. The lowest BCUT2D eigenvalue weighted by Gasteiger charge is -2.56. The van der Waals surface area contributed by atoms with E-state index in [4.69, 9.17) is 9.84 Å². The van der Waals surface area contributed by atoms with Crippen LogP contribution >= 0.6 is 0 Å². The molecule has 0 aliphatic heterocycles. The third kappa shape index (κ3) is 2.02. The number of carbonyl (C=O) groups is 1. The zero-order valence-corrected chi connectivity index (χ0v) is 13.0. The van der Waals surface area contributed by atoms with Gasteiger partial charge in [0.25, 0.3) is 0 Å².